The predicted molar refractivity (Wildman–Crippen MR) is 73.1 cm³/mol. The summed E-state index contributed by atoms with van der Waals surface area (Å²) in [6.45, 7) is 4.06. The van der Waals surface area contributed by atoms with E-state index in [0.717, 1.165) is 36.5 Å². The van der Waals surface area contributed by atoms with Gasteiger partial charge in [-0.3, -0.25) is 0 Å². The number of thiazole rings is 1. The SMILES string of the molecule is Cc1ncsc1CNS(=O)(=O)CC1CCCNC1. The van der Waals surface area contributed by atoms with Gasteiger partial charge in [0.1, 0.15) is 0 Å². The van der Waals surface area contributed by atoms with Crippen molar-refractivity contribution in [1.29, 1.82) is 0 Å². The molecule has 2 heterocycles. The maximum Gasteiger partial charge on any atom is 0.212 e. The van der Waals surface area contributed by atoms with Crippen molar-refractivity contribution in [2.24, 2.45) is 5.92 Å². The fourth-order valence-electron chi connectivity index (χ4n) is 2.11. The molecule has 1 atom stereocenters. The largest absolute Gasteiger partial charge is 0.316 e. The van der Waals surface area contributed by atoms with Crippen molar-refractivity contribution >= 4 is 21.4 Å². The molecule has 5 nitrogen and oxygen atoms in total. The van der Waals surface area contributed by atoms with Crippen LogP contribution < -0.4 is 10.0 Å². The first-order chi connectivity index (χ1) is 8.57. The zero-order valence-corrected chi connectivity index (χ0v) is 12.1. The van der Waals surface area contributed by atoms with Gasteiger partial charge in [-0.2, -0.15) is 0 Å². The molecule has 18 heavy (non-hydrogen) atoms. The third-order valence-electron chi connectivity index (χ3n) is 3.15. The maximum absolute atomic E-state index is 12.0. The molecule has 0 aromatic carbocycles. The molecule has 1 aromatic heterocycles. The van der Waals surface area contributed by atoms with Gasteiger partial charge in [0.2, 0.25) is 10.0 Å². The molecule has 1 fully saturated rings. The smallest absolute Gasteiger partial charge is 0.212 e. The van der Waals surface area contributed by atoms with E-state index in [2.05, 4.69) is 15.0 Å². The lowest BCUT2D eigenvalue weighted by atomic mass is 10.0. The van der Waals surface area contributed by atoms with E-state index in [9.17, 15) is 8.42 Å². The van der Waals surface area contributed by atoms with Gasteiger partial charge in [0.15, 0.2) is 0 Å². The van der Waals surface area contributed by atoms with Crippen molar-refractivity contribution in [1.82, 2.24) is 15.0 Å². The fourth-order valence-corrected chi connectivity index (χ4v) is 4.30. The van der Waals surface area contributed by atoms with E-state index in [1.54, 1.807) is 5.51 Å². The summed E-state index contributed by atoms with van der Waals surface area (Å²) < 4.78 is 26.6. The first-order valence-electron chi connectivity index (χ1n) is 6.14. The third kappa shape index (κ3) is 4.01. The van der Waals surface area contributed by atoms with Crippen molar-refractivity contribution in [3.63, 3.8) is 0 Å². The minimum atomic E-state index is -3.19. The molecule has 0 saturated carbocycles. The lowest BCUT2D eigenvalue weighted by molar-refractivity contribution is 0.402. The Morgan fingerprint density at radius 1 is 1.61 bits per heavy atom. The number of hydrogen-bond acceptors (Lipinski definition) is 5. The van der Waals surface area contributed by atoms with Crippen LogP contribution in [0, 0.1) is 12.8 Å². The maximum atomic E-state index is 12.0. The number of piperidine rings is 1. The molecule has 0 bridgehead atoms. The molecule has 102 valence electrons. The van der Waals surface area contributed by atoms with Gasteiger partial charge in [-0.25, -0.2) is 18.1 Å². The summed E-state index contributed by atoms with van der Waals surface area (Å²) >= 11 is 1.49. The van der Waals surface area contributed by atoms with Gasteiger partial charge in [0.05, 0.1) is 17.0 Å². The Labute approximate surface area is 112 Å². The van der Waals surface area contributed by atoms with Crippen LogP contribution in [0.3, 0.4) is 0 Å². The molecule has 0 radical (unpaired) electrons. The Bertz CT molecular complexity index is 478. The molecular formula is C11H19N3O2S2. The molecule has 2 N–H and O–H groups in total. The summed E-state index contributed by atoms with van der Waals surface area (Å²) in [5.41, 5.74) is 2.64. The highest BCUT2D eigenvalue weighted by Crippen LogP contribution is 2.14. The average molecular weight is 289 g/mol. The summed E-state index contributed by atoms with van der Waals surface area (Å²) in [6.07, 6.45) is 2.06. The molecule has 0 spiro atoms. The van der Waals surface area contributed by atoms with Crippen molar-refractivity contribution in [3.05, 3.63) is 16.1 Å². The fraction of sp³-hybridized carbons (Fsp3) is 0.727. The second-order valence-electron chi connectivity index (χ2n) is 4.68. The van der Waals surface area contributed by atoms with Crippen LogP contribution >= 0.6 is 11.3 Å². The normalized spacial score (nSPS) is 21.1. The van der Waals surface area contributed by atoms with Crippen LogP contribution in [0.5, 0.6) is 0 Å². The van der Waals surface area contributed by atoms with Crippen LogP contribution in [-0.2, 0) is 16.6 Å². The summed E-state index contributed by atoms with van der Waals surface area (Å²) in [7, 11) is -3.19. The highest BCUT2D eigenvalue weighted by Gasteiger charge is 2.21. The molecule has 1 unspecified atom stereocenters. The number of hydrogen-bond donors (Lipinski definition) is 2. The Morgan fingerprint density at radius 2 is 2.44 bits per heavy atom. The first-order valence-corrected chi connectivity index (χ1v) is 8.67. The number of aromatic nitrogens is 1. The van der Waals surface area contributed by atoms with Gasteiger partial charge in [-0.1, -0.05) is 0 Å². The number of rotatable bonds is 5. The number of aryl methyl sites for hydroxylation is 1. The monoisotopic (exact) mass is 289 g/mol. The van der Waals surface area contributed by atoms with E-state index in [1.165, 1.54) is 11.3 Å². The second kappa shape index (κ2) is 6.10. The zero-order chi connectivity index (χ0) is 13.0. The number of nitrogens with one attached hydrogen (secondary N) is 2. The van der Waals surface area contributed by atoms with Crippen molar-refractivity contribution in [3.8, 4) is 0 Å². The molecule has 7 heteroatoms. The minimum Gasteiger partial charge on any atom is -0.316 e. The quantitative estimate of drug-likeness (QED) is 0.844. The Morgan fingerprint density at radius 3 is 3.06 bits per heavy atom. The molecule has 2 rings (SSSR count). The third-order valence-corrected chi connectivity index (χ3v) is 5.58. The summed E-state index contributed by atoms with van der Waals surface area (Å²) in [4.78, 5) is 5.09. The van der Waals surface area contributed by atoms with E-state index in [1.807, 2.05) is 6.92 Å². The van der Waals surface area contributed by atoms with E-state index < -0.39 is 10.0 Å². The minimum absolute atomic E-state index is 0.220. The summed E-state index contributed by atoms with van der Waals surface area (Å²) in [5.74, 6) is 0.455. The van der Waals surface area contributed by atoms with E-state index in [0.29, 0.717) is 6.54 Å². The number of sulfonamides is 1. The van der Waals surface area contributed by atoms with Gasteiger partial charge >= 0.3 is 0 Å². The summed E-state index contributed by atoms with van der Waals surface area (Å²) in [6, 6.07) is 0. The van der Waals surface area contributed by atoms with Crippen LogP contribution in [0.1, 0.15) is 23.4 Å². The predicted octanol–water partition coefficient (Wildman–Crippen LogP) is 0.871. The molecule has 0 amide bonds. The Kier molecular flexibility index (Phi) is 4.71. The lowest BCUT2D eigenvalue weighted by Crippen LogP contribution is -2.37. The van der Waals surface area contributed by atoms with Crippen LogP contribution in [0.15, 0.2) is 5.51 Å². The van der Waals surface area contributed by atoms with Gasteiger partial charge in [-0.15, -0.1) is 11.3 Å². The molecule has 0 aliphatic carbocycles. The zero-order valence-electron chi connectivity index (χ0n) is 10.5. The Balaban J connectivity index is 1.85. The van der Waals surface area contributed by atoms with E-state index >= 15 is 0 Å². The molecule has 1 aliphatic heterocycles. The topological polar surface area (TPSA) is 71.1 Å². The number of nitrogens with zero attached hydrogens (tertiary/aromatic N) is 1. The molecule has 1 aliphatic rings. The van der Waals surface area contributed by atoms with Gasteiger partial charge in [0.25, 0.3) is 0 Å². The van der Waals surface area contributed by atoms with Crippen molar-refractivity contribution in [2.75, 3.05) is 18.8 Å². The standard InChI is InChI=1S/C11H19N3O2S2/c1-9-11(17-8-13-9)6-14-18(15,16)7-10-3-2-4-12-5-10/h8,10,12,14H,2-7H2,1H3. The van der Waals surface area contributed by atoms with E-state index in [4.69, 9.17) is 0 Å². The molecule has 1 saturated heterocycles. The van der Waals surface area contributed by atoms with Crippen LogP contribution in [0.2, 0.25) is 0 Å². The van der Waals surface area contributed by atoms with Crippen LogP contribution in [0.4, 0.5) is 0 Å². The molecule has 1 aromatic rings. The highest BCUT2D eigenvalue weighted by molar-refractivity contribution is 7.89. The van der Waals surface area contributed by atoms with Crippen LogP contribution in [-0.4, -0.2) is 32.2 Å². The highest BCUT2D eigenvalue weighted by atomic mass is 32.2. The van der Waals surface area contributed by atoms with Gasteiger partial charge < -0.3 is 5.32 Å². The van der Waals surface area contributed by atoms with Crippen molar-refractivity contribution in [2.45, 2.75) is 26.3 Å². The van der Waals surface area contributed by atoms with Crippen molar-refractivity contribution < 1.29 is 8.42 Å². The second-order valence-corrected chi connectivity index (χ2v) is 7.47. The first kappa shape index (κ1) is 13.9. The van der Waals surface area contributed by atoms with Gasteiger partial charge in [0, 0.05) is 11.4 Å². The van der Waals surface area contributed by atoms with E-state index in [-0.39, 0.29) is 11.7 Å². The average Bonchev–Trinajstić information content (AvgIpc) is 2.73. The Hall–Kier alpha value is -0.500. The van der Waals surface area contributed by atoms with Crippen LogP contribution in [0.25, 0.3) is 0 Å². The molecular weight excluding hydrogens is 270 g/mol. The summed E-state index contributed by atoms with van der Waals surface area (Å²) in [5, 5.41) is 3.24. The van der Waals surface area contributed by atoms with Gasteiger partial charge in [-0.05, 0) is 38.8 Å². The lowest BCUT2D eigenvalue weighted by Gasteiger charge is -2.22.